The summed E-state index contributed by atoms with van der Waals surface area (Å²) in [6, 6.07) is 7.94. The van der Waals surface area contributed by atoms with Crippen molar-refractivity contribution in [2.75, 3.05) is 13.1 Å². The van der Waals surface area contributed by atoms with Gasteiger partial charge in [-0.15, -0.1) is 0 Å². The van der Waals surface area contributed by atoms with Crippen molar-refractivity contribution in [3.8, 4) is 0 Å². The van der Waals surface area contributed by atoms with Gasteiger partial charge in [-0.3, -0.25) is 4.68 Å². The van der Waals surface area contributed by atoms with Crippen molar-refractivity contribution < 1.29 is 0 Å². The molecule has 2 aromatic rings. The summed E-state index contributed by atoms with van der Waals surface area (Å²) in [6.07, 6.45) is 1.02. The molecule has 0 unspecified atom stereocenters. The summed E-state index contributed by atoms with van der Waals surface area (Å²) in [5.41, 5.74) is 4.81. The number of aryl methyl sites for hydroxylation is 1. The van der Waals surface area contributed by atoms with Gasteiger partial charge in [0.25, 0.3) is 0 Å². The van der Waals surface area contributed by atoms with Crippen molar-refractivity contribution >= 4 is 11.6 Å². The lowest BCUT2D eigenvalue weighted by atomic mass is 10.1. The predicted molar refractivity (Wildman–Crippen MR) is 84.5 cm³/mol. The lowest BCUT2D eigenvalue weighted by Crippen LogP contribution is -2.16. The molecule has 0 radical (unpaired) electrons. The van der Waals surface area contributed by atoms with Gasteiger partial charge in [-0.1, -0.05) is 36.7 Å². The van der Waals surface area contributed by atoms with E-state index in [1.807, 2.05) is 18.2 Å². The molecule has 0 aliphatic heterocycles. The van der Waals surface area contributed by atoms with Gasteiger partial charge in [0, 0.05) is 10.7 Å². The Hall–Kier alpha value is -1.32. The summed E-state index contributed by atoms with van der Waals surface area (Å²) in [6.45, 7) is 9.07. The highest BCUT2D eigenvalue weighted by molar-refractivity contribution is 6.31. The summed E-state index contributed by atoms with van der Waals surface area (Å²) in [4.78, 5) is 0. The third-order valence-corrected chi connectivity index (χ3v) is 3.98. The van der Waals surface area contributed by atoms with Crippen LogP contribution in [0.4, 0.5) is 0 Å². The number of rotatable bonds is 6. The van der Waals surface area contributed by atoms with Gasteiger partial charge in [0.1, 0.15) is 0 Å². The zero-order chi connectivity index (χ0) is 14.5. The molecule has 108 valence electrons. The summed E-state index contributed by atoms with van der Waals surface area (Å²) >= 11 is 6.22. The van der Waals surface area contributed by atoms with Crippen LogP contribution in [0, 0.1) is 13.8 Å². The van der Waals surface area contributed by atoms with E-state index < -0.39 is 0 Å². The third kappa shape index (κ3) is 3.41. The van der Waals surface area contributed by atoms with Gasteiger partial charge in [0.15, 0.2) is 0 Å². The van der Waals surface area contributed by atoms with E-state index in [1.165, 1.54) is 11.3 Å². The average molecular weight is 292 g/mol. The van der Waals surface area contributed by atoms with E-state index in [9.17, 15) is 0 Å². The Morgan fingerprint density at radius 2 is 2.00 bits per heavy atom. The van der Waals surface area contributed by atoms with E-state index in [2.05, 4.69) is 41.9 Å². The molecule has 0 aliphatic rings. The Kier molecular flexibility index (Phi) is 5.21. The molecule has 0 saturated heterocycles. The quantitative estimate of drug-likeness (QED) is 0.827. The molecule has 0 fully saturated rings. The number of likely N-dealkylation sites (N-methyl/N-ethyl adjacent to an activating group) is 1. The molecule has 1 heterocycles. The van der Waals surface area contributed by atoms with Crippen molar-refractivity contribution in [1.29, 1.82) is 0 Å². The normalized spacial score (nSPS) is 11.0. The number of hydrogen-bond donors (Lipinski definition) is 1. The maximum Gasteiger partial charge on any atom is 0.0677 e. The molecule has 0 aliphatic carbocycles. The number of halogens is 1. The number of benzene rings is 1. The van der Waals surface area contributed by atoms with E-state index in [0.29, 0.717) is 0 Å². The van der Waals surface area contributed by atoms with E-state index in [4.69, 9.17) is 11.6 Å². The minimum Gasteiger partial charge on any atom is -0.317 e. The maximum atomic E-state index is 6.22. The van der Waals surface area contributed by atoms with Gasteiger partial charge in [0.05, 0.1) is 12.2 Å². The van der Waals surface area contributed by atoms with Crippen LogP contribution < -0.4 is 5.32 Å². The van der Waals surface area contributed by atoms with Gasteiger partial charge in [0.2, 0.25) is 0 Å². The summed E-state index contributed by atoms with van der Waals surface area (Å²) < 4.78 is 2.05. The first-order chi connectivity index (χ1) is 9.63. The van der Waals surface area contributed by atoms with Crippen molar-refractivity contribution in [1.82, 2.24) is 15.1 Å². The molecule has 0 saturated carbocycles. The van der Waals surface area contributed by atoms with Gasteiger partial charge in [-0.2, -0.15) is 5.10 Å². The van der Waals surface area contributed by atoms with E-state index in [0.717, 1.165) is 42.3 Å². The second kappa shape index (κ2) is 6.91. The van der Waals surface area contributed by atoms with Gasteiger partial charge in [-0.05, 0) is 50.6 Å². The molecule has 1 N–H and O–H groups in total. The Bertz CT molecular complexity index is 575. The largest absolute Gasteiger partial charge is 0.317 e. The molecular formula is C16H22ClN3. The Labute approximate surface area is 126 Å². The number of hydrogen-bond acceptors (Lipinski definition) is 2. The number of aromatic nitrogens is 2. The van der Waals surface area contributed by atoms with Crippen LogP contribution in [-0.2, 0) is 13.0 Å². The Morgan fingerprint density at radius 3 is 2.70 bits per heavy atom. The predicted octanol–water partition coefficient (Wildman–Crippen LogP) is 3.35. The number of nitrogens with one attached hydrogen (secondary N) is 1. The summed E-state index contributed by atoms with van der Waals surface area (Å²) in [5.74, 6) is 0. The molecular weight excluding hydrogens is 270 g/mol. The second-order valence-corrected chi connectivity index (χ2v) is 5.41. The minimum absolute atomic E-state index is 0.730. The van der Waals surface area contributed by atoms with E-state index in [1.54, 1.807) is 0 Å². The monoisotopic (exact) mass is 291 g/mol. The molecule has 0 atom stereocenters. The zero-order valence-corrected chi connectivity index (χ0v) is 13.2. The topological polar surface area (TPSA) is 29.9 Å². The Morgan fingerprint density at radius 1 is 1.25 bits per heavy atom. The van der Waals surface area contributed by atoms with Crippen LogP contribution in [0.5, 0.6) is 0 Å². The highest BCUT2D eigenvalue weighted by atomic mass is 35.5. The van der Waals surface area contributed by atoms with Crippen LogP contribution in [0.3, 0.4) is 0 Å². The molecule has 0 amide bonds. The maximum absolute atomic E-state index is 6.22. The SMILES string of the molecule is CCNCCc1c(C)nn(Cc2ccccc2Cl)c1C. The van der Waals surface area contributed by atoms with E-state index in [-0.39, 0.29) is 0 Å². The molecule has 1 aromatic heterocycles. The van der Waals surface area contributed by atoms with Crippen LogP contribution in [0.15, 0.2) is 24.3 Å². The fourth-order valence-corrected chi connectivity index (χ4v) is 2.62. The van der Waals surface area contributed by atoms with Gasteiger partial charge < -0.3 is 5.32 Å². The first-order valence-electron chi connectivity index (χ1n) is 7.10. The standard InChI is InChI=1S/C16H22ClN3/c1-4-18-10-9-15-12(2)19-20(13(15)3)11-14-7-5-6-8-16(14)17/h5-8,18H,4,9-11H2,1-3H3. The average Bonchev–Trinajstić information content (AvgIpc) is 2.69. The van der Waals surface area contributed by atoms with Crippen LogP contribution >= 0.6 is 11.6 Å². The fraction of sp³-hybridized carbons (Fsp3) is 0.438. The first kappa shape index (κ1) is 15.1. The van der Waals surface area contributed by atoms with Crippen molar-refractivity contribution in [2.45, 2.75) is 33.7 Å². The molecule has 3 nitrogen and oxygen atoms in total. The lowest BCUT2D eigenvalue weighted by Gasteiger charge is -2.07. The fourth-order valence-electron chi connectivity index (χ4n) is 2.43. The van der Waals surface area contributed by atoms with Gasteiger partial charge >= 0.3 is 0 Å². The van der Waals surface area contributed by atoms with Crippen LogP contribution in [-0.4, -0.2) is 22.9 Å². The van der Waals surface area contributed by atoms with Gasteiger partial charge in [-0.25, -0.2) is 0 Å². The smallest absolute Gasteiger partial charge is 0.0677 e. The highest BCUT2D eigenvalue weighted by Crippen LogP contribution is 2.19. The second-order valence-electron chi connectivity index (χ2n) is 5.00. The minimum atomic E-state index is 0.730. The van der Waals surface area contributed by atoms with Crippen molar-refractivity contribution in [3.63, 3.8) is 0 Å². The molecule has 2 rings (SSSR count). The van der Waals surface area contributed by atoms with Crippen molar-refractivity contribution in [3.05, 3.63) is 51.8 Å². The van der Waals surface area contributed by atoms with Crippen LogP contribution in [0.25, 0.3) is 0 Å². The number of nitrogens with zero attached hydrogens (tertiary/aromatic N) is 2. The van der Waals surface area contributed by atoms with Crippen molar-refractivity contribution in [2.24, 2.45) is 0 Å². The Balaban J connectivity index is 2.17. The van der Waals surface area contributed by atoms with E-state index >= 15 is 0 Å². The molecule has 0 spiro atoms. The lowest BCUT2D eigenvalue weighted by molar-refractivity contribution is 0.656. The van der Waals surface area contributed by atoms with Crippen LogP contribution in [0.2, 0.25) is 5.02 Å². The summed E-state index contributed by atoms with van der Waals surface area (Å²) in [7, 11) is 0. The molecule has 4 heteroatoms. The molecule has 0 bridgehead atoms. The highest BCUT2D eigenvalue weighted by Gasteiger charge is 2.12. The first-order valence-corrected chi connectivity index (χ1v) is 7.48. The zero-order valence-electron chi connectivity index (χ0n) is 12.4. The van der Waals surface area contributed by atoms with Crippen LogP contribution in [0.1, 0.15) is 29.4 Å². The summed E-state index contributed by atoms with van der Waals surface area (Å²) in [5, 5.41) is 8.82. The molecule has 1 aromatic carbocycles. The molecule has 20 heavy (non-hydrogen) atoms. The third-order valence-electron chi connectivity index (χ3n) is 3.61.